The van der Waals surface area contributed by atoms with Crippen molar-refractivity contribution in [3.8, 4) is 11.3 Å². The molecule has 1 aromatic heterocycles. The number of aromatic amines is 1. The molecule has 5 heteroatoms. The van der Waals surface area contributed by atoms with Crippen molar-refractivity contribution in [2.24, 2.45) is 0 Å². The zero-order chi connectivity index (χ0) is 13.3. The van der Waals surface area contributed by atoms with Crippen LogP contribution in [0.4, 0.5) is 8.78 Å². The molecule has 0 aliphatic carbocycles. The summed E-state index contributed by atoms with van der Waals surface area (Å²) in [5, 5.41) is 3.12. The second-order valence-electron chi connectivity index (χ2n) is 4.65. The summed E-state index contributed by atoms with van der Waals surface area (Å²) in [6, 6.07) is 3.77. The van der Waals surface area contributed by atoms with Crippen molar-refractivity contribution < 1.29 is 8.78 Å². The van der Waals surface area contributed by atoms with Crippen LogP contribution in [0, 0.1) is 11.6 Å². The number of aromatic nitrogens is 2. The number of benzene rings is 1. The number of hydrogen-bond acceptors (Lipinski definition) is 2. The predicted molar refractivity (Wildman–Crippen MR) is 66.0 cm³/mol. The van der Waals surface area contributed by atoms with Crippen molar-refractivity contribution in [3.63, 3.8) is 0 Å². The van der Waals surface area contributed by atoms with Gasteiger partial charge in [-0.3, -0.25) is 0 Å². The van der Waals surface area contributed by atoms with Gasteiger partial charge >= 0.3 is 0 Å². The van der Waals surface area contributed by atoms with Gasteiger partial charge in [0, 0.05) is 5.56 Å². The van der Waals surface area contributed by atoms with E-state index in [9.17, 15) is 8.78 Å². The molecule has 3 nitrogen and oxygen atoms in total. The van der Waals surface area contributed by atoms with Crippen LogP contribution < -0.4 is 5.32 Å². The van der Waals surface area contributed by atoms with Gasteiger partial charge in [-0.05, 0) is 39.1 Å². The van der Waals surface area contributed by atoms with E-state index in [2.05, 4.69) is 15.3 Å². The topological polar surface area (TPSA) is 40.7 Å². The van der Waals surface area contributed by atoms with Gasteiger partial charge in [-0.2, -0.15) is 0 Å². The van der Waals surface area contributed by atoms with Gasteiger partial charge < -0.3 is 10.3 Å². The molecule has 0 spiro atoms. The third-order valence-corrected chi connectivity index (χ3v) is 3.02. The lowest BCUT2D eigenvalue weighted by Crippen LogP contribution is -2.34. The van der Waals surface area contributed by atoms with Crippen LogP contribution in [-0.4, -0.2) is 17.0 Å². The first-order valence-corrected chi connectivity index (χ1v) is 5.64. The lowest BCUT2D eigenvalue weighted by Gasteiger charge is -2.20. The highest BCUT2D eigenvalue weighted by atomic mass is 19.2. The van der Waals surface area contributed by atoms with Crippen LogP contribution in [0.15, 0.2) is 24.4 Å². The Kier molecular flexibility index (Phi) is 3.17. The van der Waals surface area contributed by atoms with E-state index in [0.29, 0.717) is 11.3 Å². The summed E-state index contributed by atoms with van der Waals surface area (Å²) in [6.07, 6.45) is 1.61. The van der Waals surface area contributed by atoms with E-state index in [1.807, 2.05) is 20.9 Å². The fraction of sp³-hybridized carbons (Fsp3) is 0.308. The molecule has 18 heavy (non-hydrogen) atoms. The van der Waals surface area contributed by atoms with E-state index in [1.165, 1.54) is 6.07 Å². The number of imidazole rings is 1. The van der Waals surface area contributed by atoms with Crippen molar-refractivity contribution in [1.29, 1.82) is 0 Å². The molecule has 0 fully saturated rings. The minimum Gasteiger partial charge on any atom is -0.340 e. The highest BCUT2D eigenvalue weighted by Crippen LogP contribution is 2.23. The van der Waals surface area contributed by atoms with E-state index in [1.54, 1.807) is 6.20 Å². The first-order valence-electron chi connectivity index (χ1n) is 5.64. The molecule has 0 unspecified atom stereocenters. The molecular weight excluding hydrogens is 236 g/mol. The molecule has 1 heterocycles. The molecule has 96 valence electrons. The second kappa shape index (κ2) is 4.49. The minimum atomic E-state index is -0.864. The molecule has 0 atom stereocenters. The number of hydrogen-bond donors (Lipinski definition) is 2. The predicted octanol–water partition coefficient (Wildman–Crippen LogP) is 2.81. The summed E-state index contributed by atoms with van der Waals surface area (Å²) in [5.41, 5.74) is 0.920. The fourth-order valence-electron chi connectivity index (χ4n) is 1.57. The SMILES string of the molecule is CNC(C)(C)c1ncc(-c2ccc(F)c(F)c2)[nH]1. The quantitative estimate of drug-likeness (QED) is 0.880. The number of rotatable bonds is 3. The maximum Gasteiger partial charge on any atom is 0.159 e. The maximum absolute atomic E-state index is 13.2. The van der Waals surface area contributed by atoms with Crippen molar-refractivity contribution in [2.75, 3.05) is 7.05 Å². The van der Waals surface area contributed by atoms with Gasteiger partial charge in [0.2, 0.25) is 0 Å². The van der Waals surface area contributed by atoms with Gasteiger partial charge in [0.1, 0.15) is 5.82 Å². The molecule has 2 aromatic rings. The normalized spacial score (nSPS) is 11.8. The number of halogens is 2. The Morgan fingerprint density at radius 1 is 1.22 bits per heavy atom. The average molecular weight is 251 g/mol. The van der Waals surface area contributed by atoms with Crippen molar-refractivity contribution in [3.05, 3.63) is 41.9 Å². The Bertz CT molecular complexity index is 561. The molecule has 0 bridgehead atoms. The summed E-state index contributed by atoms with van der Waals surface area (Å²) in [6.45, 7) is 3.95. The summed E-state index contributed by atoms with van der Waals surface area (Å²) >= 11 is 0. The van der Waals surface area contributed by atoms with E-state index in [0.717, 1.165) is 18.0 Å². The highest BCUT2D eigenvalue weighted by molar-refractivity contribution is 5.58. The molecule has 0 saturated carbocycles. The second-order valence-corrected chi connectivity index (χ2v) is 4.65. The minimum absolute atomic E-state index is 0.309. The number of nitrogens with zero attached hydrogens (tertiary/aromatic N) is 1. The number of nitrogens with one attached hydrogen (secondary N) is 2. The van der Waals surface area contributed by atoms with Gasteiger partial charge in [0.25, 0.3) is 0 Å². The highest BCUT2D eigenvalue weighted by Gasteiger charge is 2.21. The van der Waals surface area contributed by atoms with Crippen LogP contribution in [0.5, 0.6) is 0 Å². The molecule has 1 aromatic carbocycles. The molecule has 0 radical (unpaired) electrons. The Labute approximate surface area is 104 Å². The Morgan fingerprint density at radius 3 is 2.56 bits per heavy atom. The van der Waals surface area contributed by atoms with E-state index in [4.69, 9.17) is 0 Å². The molecule has 0 amide bonds. The Balaban J connectivity index is 2.38. The fourth-order valence-corrected chi connectivity index (χ4v) is 1.57. The van der Waals surface area contributed by atoms with Crippen LogP contribution in [0.25, 0.3) is 11.3 Å². The standard InChI is InChI=1S/C13H15F2N3/c1-13(2,16-3)12-17-7-11(18-12)8-4-5-9(14)10(15)6-8/h4-7,16H,1-3H3,(H,17,18). The lowest BCUT2D eigenvalue weighted by atomic mass is 10.1. The molecule has 2 N–H and O–H groups in total. The van der Waals surface area contributed by atoms with Crippen molar-refractivity contribution in [1.82, 2.24) is 15.3 Å². The van der Waals surface area contributed by atoms with E-state index >= 15 is 0 Å². The molecule has 0 saturated heterocycles. The Hall–Kier alpha value is -1.75. The van der Waals surface area contributed by atoms with Gasteiger partial charge in [0.15, 0.2) is 11.6 Å². The molecular formula is C13H15F2N3. The van der Waals surface area contributed by atoms with E-state index < -0.39 is 11.6 Å². The zero-order valence-electron chi connectivity index (χ0n) is 10.5. The van der Waals surface area contributed by atoms with Crippen LogP contribution in [0.3, 0.4) is 0 Å². The first-order chi connectivity index (χ1) is 8.44. The third-order valence-electron chi connectivity index (χ3n) is 3.02. The summed E-state index contributed by atoms with van der Waals surface area (Å²) in [4.78, 5) is 7.36. The maximum atomic E-state index is 13.2. The van der Waals surface area contributed by atoms with Crippen LogP contribution in [0.2, 0.25) is 0 Å². The van der Waals surface area contributed by atoms with Crippen LogP contribution in [-0.2, 0) is 5.54 Å². The summed E-state index contributed by atoms with van der Waals surface area (Å²) < 4.78 is 26.0. The van der Waals surface area contributed by atoms with Crippen molar-refractivity contribution in [2.45, 2.75) is 19.4 Å². The monoisotopic (exact) mass is 251 g/mol. The zero-order valence-corrected chi connectivity index (χ0v) is 10.5. The van der Waals surface area contributed by atoms with Gasteiger partial charge in [0.05, 0.1) is 17.4 Å². The summed E-state index contributed by atoms with van der Waals surface area (Å²) in [7, 11) is 1.83. The molecule has 2 rings (SSSR count). The van der Waals surface area contributed by atoms with Crippen LogP contribution >= 0.6 is 0 Å². The largest absolute Gasteiger partial charge is 0.340 e. The van der Waals surface area contributed by atoms with E-state index in [-0.39, 0.29) is 5.54 Å². The Morgan fingerprint density at radius 2 is 1.94 bits per heavy atom. The molecule has 0 aliphatic rings. The lowest BCUT2D eigenvalue weighted by molar-refractivity contribution is 0.421. The van der Waals surface area contributed by atoms with Crippen molar-refractivity contribution >= 4 is 0 Å². The average Bonchev–Trinajstić information content (AvgIpc) is 2.83. The van der Waals surface area contributed by atoms with Gasteiger partial charge in [-0.1, -0.05) is 0 Å². The third kappa shape index (κ3) is 2.26. The molecule has 0 aliphatic heterocycles. The smallest absolute Gasteiger partial charge is 0.159 e. The van der Waals surface area contributed by atoms with Gasteiger partial charge in [-0.15, -0.1) is 0 Å². The van der Waals surface area contributed by atoms with Crippen LogP contribution in [0.1, 0.15) is 19.7 Å². The summed E-state index contributed by atoms with van der Waals surface area (Å²) in [5.74, 6) is -0.977. The number of H-pyrrole nitrogens is 1. The first kappa shape index (κ1) is 12.7. The van der Waals surface area contributed by atoms with Gasteiger partial charge in [-0.25, -0.2) is 13.8 Å².